The molecular formula is C18H20BrN3O4. The molecule has 1 N–H and O–H groups in total. The number of esters is 1. The topological polar surface area (TPSA) is 89.8 Å². The summed E-state index contributed by atoms with van der Waals surface area (Å²) in [6.45, 7) is -0.283. The molecular weight excluding hydrogens is 402 g/mol. The van der Waals surface area contributed by atoms with Gasteiger partial charge in [0, 0.05) is 22.7 Å². The highest BCUT2D eigenvalue weighted by molar-refractivity contribution is 9.10. The minimum Gasteiger partial charge on any atom is -0.458 e. The first-order chi connectivity index (χ1) is 12.5. The van der Waals surface area contributed by atoms with Crippen molar-refractivity contribution < 1.29 is 14.3 Å². The number of halogens is 1. The first-order valence-corrected chi connectivity index (χ1v) is 9.43. The number of fused-ring (bicyclic) bond motifs is 1. The number of rotatable bonds is 5. The zero-order valence-corrected chi connectivity index (χ0v) is 15.8. The Morgan fingerprint density at radius 2 is 2.04 bits per heavy atom. The van der Waals surface area contributed by atoms with E-state index in [4.69, 9.17) is 4.74 Å². The van der Waals surface area contributed by atoms with Gasteiger partial charge in [0.25, 0.3) is 5.56 Å². The molecule has 0 atom stereocenters. The van der Waals surface area contributed by atoms with Gasteiger partial charge in [-0.2, -0.15) is 0 Å². The number of nitrogens with one attached hydrogen (secondary N) is 1. The highest BCUT2D eigenvalue weighted by Crippen LogP contribution is 2.23. The van der Waals surface area contributed by atoms with Crippen molar-refractivity contribution in [3.8, 4) is 0 Å². The monoisotopic (exact) mass is 421 g/mol. The lowest BCUT2D eigenvalue weighted by Gasteiger charge is -2.20. The second kappa shape index (κ2) is 8.44. The van der Waals surface area contributed by atoms with Gasteiger partial charge in [-0.25, -0.2) is 4.98 Å². The summed E-state index contributed by atoms with van der Waals surface area (Å²) in [6, 6.07) is 4.80. The maximum absolute atomic E-state index is 12.1. The molecule has 1 amide bonds. The summed E-state index contributed by atoms with van der Waals surface area (Å²) in [6.07, 6.45) is 6.66. The van der Waals surface area contributed by atoms with E-state index < -0.39 is 5.97 Å². The van der Waals surface area contributed by atoms with Crippen LogP contribution in [0, 0.1) is 5.92 Å². The van der Waals surface area contributed by atoms with Crippen molar-refractivity contribution >= 4 is 33.5 Å². The molecule has 2 aromatic heterocycles. The molecule has 0 aliphatic heterocycles. The predicted molar refractivity (Wildman–Crippen MR) is 98.5 cm³/mol. The summed E-state index contributed by atoms with van der Waals surface area (Å²) in [7, 11) is 0. The van der Waals surface area contributed by atoms with Crippen LogP contribution in [0.3, 0.4) is 0 Å². The molecule has 0 aromatic carbocycles. The molecule has 138 valence electrons. The van der Waals surface area contributed by atoms with Crippen LogP contribution in [-0.2, 0) is 20.9 Å². The van der Waals surface area contributed by atoms with Crippen LogP contribution >= 0.6 is 15.9 Å². The second-order valence-corrected chi connectivity index (χ2v) is 7.29. The standard InChI is InChI=1S/C18H20BrN3O4/c19-13-6-7-15-21-14(8-16(23)22(15)10-13)11-26-17(24)9-20-18(25)12-4-2-1-3-5-12/h6-8,10,12H,1-5,9,11H2,(H,20,25). The van der Waals surface area contributed by atoms with E-state index in [1.54, 1.807) is 18.3 Å². The molecule has 26 heavy (non-hydrogen) atoms. The number of pyridine rings is 1. The lowest BCUT2D eigenvalue weighted by atomic mass is 9.89. The van der Waals surface area contributed by atoms with Gasteiger partial charge in [-0.05, 0) is 40.9 Å². The van der Waals surface area contributed by atoms with Crippen molar-refractivity contribution in [3.05, 3.63) is 44.9 Å². The maximum Gasteiger partial charge on any atom is 0.325 e. The van der Waals surface area contributed by atoms with Crippen molar-refractivity contribution in [2.45, 2.75) is 38.7 Å². The van der Waals surface area contributed by atoms with Gasteiger partial charge >= 0.3 is 5.97 Å². The molecule has 0 spiro atoms. The maximum atomic E-state index is 12.1. The molecule has 8 heteroatoms. The van der Waals surface area contributed by atoms with Crippen LogP contribution < -0.4 is 10.9 Å². The number of aromatic nitrogens is 2. The average molecular weight is 422 g/mol. The molecule has 2 heterocycles. The number of amides is 1. The molecule has 0 unspecified atom stereocenters. The van der Waals surface area contributed by atoms with Crippen molar-refractivity contribution in [3.63, 3.8) is 0 Å². The molecule has 0 bridgehead atoms. The van der Waals surface area contributed by atoms with Gasteiger partial charge in [0.05, 0.1) is 5.69 Å². The zero-order valence-electron chi connectivity index (χ0n) is 14.2. The van der Waals surface area contributed by atoms with E-state index in [2.05, 4.69) is 26.2 Å². The zero-order chi connectivity index (χ0) is 18.5. The number of carbonyl (C=O) groups excluding carboxylic acids is 2. The Kier molecular flexibility index (Phi) is 6.03. The summed E-state index contributed by atoms with van der Waals surface area (Å²) in [5.74, 6) is -0.639. The molecule has 3 rings (SSSR count). The van der Waals surface area contributed by atoms with E-state index in [1.807, 2.05) is 0 Å². The molecule has 1 aliphatic rings. The molecule has 1 saturated carbocycles. The highest BCUT2D eigenvalue weighted by Gasteiger charge is 2.21. The fourth-order valence-corrected chi connectivity index (χ4v) is 3.41. The lowest BCUT2D eigenvalue weighted by Crippen LogP contribution is -2.36. The van der Waals surface area contributed by atoms with Crippen LogP contribution in [0.15, 0.2) is 33.7 Å². The largest absolute Gasteiger partial charge is 0.458 e. The minimum atomic E-state index is -0.549. The average Bonchev–Trinajstić information content (AvgIpc) is 2.65. The van der Waals surface area contributed by atoms with Gasteiger partial charge < -0.3 is 10.1 Å². The Hall–Kier alpha value is -2.22. The van der Waals surface area contributed by atoms with E-state index in [1.165, 1.54) is 16.9 Å². The summed E-state index contributed by atoms with van der Waals surface area (Å²) < 4.78 is 7.29. The van der Waals surface area contributed by atoms with E-state index in [9.17, 15) is 14.4 Å². The van der Waals surface area contributed by atoms with Crippen molar-refractivity contribution in [1.29, 1.82) is 0 Å². The van der Waals surface area contributed by atoms with Crippen molar-refractivity contribution in [1.82, 2.24) is 14.7 Å². The van der Waals surface area contributed by atoms with E-state index in [-0.39, 0.29) is 30.5 Å². The SMILES string of the molecule is O=C(CNC(=O)C1CCCCC1)OCc1cc(=O)n2cc(Br)ccc2n1. The number of carbonyl (C=O) groups is 2. The summed E-state index contributed by atoms with van der Waals surface area (Å²) in [5, 5.41) is 2.63. The smallest absolute Gasteiger partial charge is 0.325 e. The Labute approximate surface area is 158 Å². The Morgan fingerprint density at radius 3 is 2.81 bits per heavy atom. The summed E-state index contributed by atoms with van der Waals surface area (Å²) >= 11 is 3.30. The van der Waals surface area contributed by atoms with E-state index >= 15 is 0 Å². The van der Waals surface area contributed by atoms with Gasteiger partial charge in [0.15, 0.2) is 0 Å². The fourth-order valence-electron chi connectivity index (χ4n) is 3.07. The number of hydrogen-bond acceptors (Lipinski definition) is 5. The van der Waals surface area contributed by atoms with Gasteiger partial charge in [0.1, 0.15) is 18.8 Å². The van der Waals surface area contributed by atoms with Crippen LogP contribution in [0.2, 0.25) is 0 Å². The third-order valence-electron chi connectivity index (χ3n) is 4.44. The molecule has 0 radical (unpaired) electrons. The molecule has 7 nitrogen and oxygen atoms in total. The van der Waals surface area contributed by atoms with E-state index in [0.717, 1.165) is 30.2 Å². The van der Waals surface area contributed by atoms with Crippen LogP contribution in [0.25, 0.3) is 5.65 Å². The van der Waals surface area contributed by atoms with Crippen LogP contribution in [-0.4, -0.2) is 27.8 Å². The number of nitrogens with zero attached hydrogens (tertiary/aromatic N) is 2. The summed E-state index contributed by atoms with van der Waals surface area (Å²) in [4.78, 5) is 40.2. The van der Waals surface area contributed by atoms with Crippen LogP contribution in [0.1, 0.15) is 37.8 Å². The van der Waals surface area contributed by atoms with Crippen LogP contribution in [0.4, 0.5) is 0 Å². The third-order valence-corrected chi connectivity index (χ3v) is 4.91. The van der Waals surface area contributed by atoms with Crippen molar-refractivity contribution in [2.75, 3.05) is 6.54 Å². The van der Waals surface area contributed by atoms with Gasteiger partial charge in [-0.15, -0.1) is 0 Å². The Balaban J connectivity index is 1.52. The minimum absolute atomic E-state index is 0.00178. The predicted octanol–water partition coefficient (Wildman–Crippen LogP) is 2.20. The summed E-state index contributed by atoms with van der Waals surface area (Å²) in [5.41, 5.74) is 0.578. The van der Waals surface area contributed by atoms with Gasteiger partial charge in [-0.1, -0.05) is 19.3 Å². The Morgan fingerprint density at radius 1 is 1.27 bits per heavy atom. The lowest BCUT2D eigenvalue weighted by molar-refractivity contribution is -0.145. The van der Waals surface area contributed by atoms with Crippen LogP contribution in [0.5, 0.6) is 0 Å². The quantitative estimate of drug-likeness (QED) is 0.747. The van der Waals surface area contributed by atoms with Gasteiger partial charge in [-0.3, -0.25) is 18.8 Å². The second-order valence-electron chi connectivity index (χ2n) is 6.37. The molecule has 1 fully saturated rings. The highest BCUT2D eigenvalue weighted by atomic mass is 79.9. The normalized spacial score (nSPS) is 15.0. The number of ether oxygens (including phenoxy) is 1. The molecule has 0 saturated heterocycles. The van der Waals surface area contributed by atoms with Gasteiger partial charge in [0.2, 0.25) is 5.91 Å². The van der Waals surface area contributed by atoms with Crippen molar-refractivity contribution in [2.24, 2.45) is 5.92 Å². The number of hydrogen-bond donors (Lipinski definition) is 1. The van der Waals surface area contributed by atoms with E-state index in [0.29, 0.717) is 11.3 Å². The first-order valence-electron chi connectivity index (χ1n) is 8.64. The molecule has 1 aliphatic carbocycles. The fraction of sp³-hybridized carbons (Fsp3) is 0.444. The Bertz CT molecular complexity index is 874. The first kappa shape index (κ1) is 18.6. The molecule has 2 aromatic rings. The third kappa shape index (κ3) is 4.69.